The van der Waals surface area contributed by atoms with E-state index in [1.807, 2.05) is 60.7 Å². The van der Waals surface area contributed by atoms with Crippen molar-refractivity contribution in [3.05, 3.63) is 132 Å². The monoisotopic (exact) mass is 514 g/mol. The van der Waals surface area contributed by atoms with Crippen LogP contribution >= 0.6 is 11.6 Å². The minimum Gasteiger partial charge on any atom is -0.308 e. The van der Waals surface area contributed by atoms with Crippen LogP contribution in [-0.2, 0) is 0 Å². The molecular formula is C33H21ClN4. The van der Waals surface area contributed by atoms with Gasteiger partial charge in [-0.3, -0.25) is 0 Å². The van der Waals surface area contributed by atoms with Gasteiger partial charge in [0, 0.05) is 27.5 Å². The molecule has 2 aromatic heterocycles. The Morgan fingerprint density at radius 3 is 1.58 bits per heavy atom. The molecule has 0 aliphatic carbocycles. The minimum atomic E-state index is -0.192. The summed E-state index contributed by atoms with van der Waals surface area (Å²) in [5.41, 5.74) is 3.03. The normalized spacial score (nSPS) is 13.5. The molecule has 7 rings (SSSR count). The molecule has 2 heterocycles. The lowest BCUT2D eigenvalue weighted by Crippen LogP contribution is -2.01. The number of benzene rings is 5. The van der Waals surface area contributed by atoms with E-state index in [-0.39, 0.29) is 63.1 Å². The van der Waals surface area contributed by atoms with E-state index in [1.165, 1.54) is 12.1 Å². The highest BCUT2D eigenvalue weighted by Crippen LogP contribution is 2.36. The summed E-state index contributed by atoms with van der Waals surface area (Å²) in [4.78, 5) is 14.4. The fourth-order valence-corrected chi connectivity index (χ4v) is 4.72. The zero-order chi connectivity index (χ0) is 30.7. The highest BCUT2D eigenvalue weighted by atomic mass is 35.5. The lowest BCUT2D eigenvalue weighted by atomic mass is 10.1. The summed E-state index contributed by atoms with van der Waals surface area (Å²) >= 11 is 6.81. The van der Waals surface area contributed by atoms with E-state index in [2.05, 4.69) is 0 Å². The van der Waals surface area contributed by atoms with Crippen molar-refractivity contribution in [1.29, 1.82) is 0 Å². The molecule has 0 saturated heterocycles. The van der Waals surface area contributed by atoms with E-state index < -0.39 is 0 Å². The van der Waals surface area contributed by atoms with Gasteiger partial charge in [-0.05, 0) is 30.3 Å². The summed E-state index contributed by atoms with van der Waals surface area (Å²) in [7, 11) is 0. The van der Waals surface area contributed by atoms with Crippen molar-refractivity contribution in [3.8, 4) is 39.9 Å². The van der Waals surface area contributed by atoms with Crippen molar-refractivity contribution in [1.82, 2.24) is 19.5 Å². The smallest absolute Gasteiger partial charge is 0.164 e. The van der Waals surface area contributed by atoms with Crippen LogP contribution in [0.1, 0.15) is 8.22 Å². The van der Waals surface area contributed by atoms with Gasteiger partial charge in [-0.1, -0.05) is 109 Å². The predicted molar refractivity (Wildman–Crippen MR) is 155 cm³/mol. The Bertz CT molecular complexity index is 2130. The molecule has 0 aliphatic rings. The number of para-hydroxylation sites is 2. The van der Waals surface area contributed by atoms with E-state index >= 15 is 0 Å². The molecule has 0 aliphatic heterocycles. The van der Waals surface area contributed by atoms with Gasteiger partial charge in [-0.25, -0.2) is 15.0 Å². The number of aromatic nitrogens is 4. The molecule has 180 valence electrons. The van der Waals surface area contributed by atoms with E-state index in [1.54, 1.807) is 22.8 Å². The number of nitrogens with zero attached hydrogens (tertiary/aromatic N) is 4. The van der Waals surface area contributed by atoms with Crippen molar-refractivity contribution in [2.45, 2.75) is 0 Å². The maximum atomic E-state index is 8.78. The molecular weight excluding hydrogens is 488 g/mol. The van der Waals surface area contributed by atoms with Gasteiger partial charge in [0.2, 0.25) is 0 Å². The Kier molecular flexibility index (Phi) is 4.10. The third-order valence-electron chi connectivity index (χ3n) is 6.27. The molecule has 0 radical (unpaired) electrons. The van der Waals surface area contributed by atoms with Crippen LogP contribution in [0.4, 0.5) is 0 Å². The zero-order valence-electron chi connectivity index (χ0n) is 25.8. The van der Waals surface area contributed by atoms with E-state index in [4.69, 9.17) is 34.8 Å². The first-order chi connectivity index (χ1) is 21.2. The second kappa shape index (κ2) is 9.25. The van der Waals surface area contributed by atoms with Crippen LogP contribution in [-0.4, -0.2) is 19.5 Å². The van der Waals surface area contributed by atoms with Crippen LogP contribution < -0.4 is 0 Å². The highest BCUT2D eigenvalue weighted by Gasteiger charge is 2.17. The first-order valence-electron chi connectivity index (χ1n) is 14.9. The van der Waals surface area contributed by atoms with E-state index in [9.17, 15) is 0 Å². The van der Waals surface area contributed by atoms with Crippen LogP contribution in [0.25, 0.3) is 61.7 Å². The lowest BCUT2D eigenvalue weighted by molar-refractivity contribution is 1.07. The first-order valence-corrected chi connectivity index (χ1v) is 12.3. The molecule has 38 heavy (non-hydrogen) atoms. The van der Waals surface area contributed by atoms with E-state index in [0.29, 0.717) is 28.7 Å². The average molecular weight is 515 g/mol. The Morgan fingerprint density at radius 1 is 0.553 bits per heavy atom. The van der Waals surface area contributed by atoms with Gasteiger partial charge in [0.15, 0.2) is 17.5 Å². The summed E-state index contributed by atoms with van der Waals surface area (Å²) in [6, 6.07) is 26.0. The molecule has 0 unspecified atom stereocenters. The van der Waals surface area contributed by atoms with Crippen LogP contribution in [0, 0.1) is 0 Å². The zero-order valence-corrected chi connectivity index (χ0v) is 20.6. The number of hydrogen-bond acceptors (Lipinski definition) is 3. The fraction of sp³-hybridized carbons (Fsp3) is 0. The molecule has 0 fully saturated rings. The maximum absolute atomic E-state index is 8.78. The third-order valence-corrected chi connectivity index (χ3v) is 6.59. The summed E-state index contributed by atoms with van der Waals surface area (Å²) < 4.78 is 53.0. The Labute approximate surface area is 233 Å². The molecule has 4 nitrogen and oxygen atoms in total. The topological polar surface area (TPSA) is 43.6 Å². The van der Waals surface area contributed by atoms with Crippen molar-refractivity contribution in [2.75, 3.05) is 0 Å². The van der Waals surface area contributed by atoms with Crippen LogP contribution in [0.3, 0.4) is 0 Å². The molecule has 0 N–H and O–H groups in total. The van der Waals surface area contributed by atoms with Gasteiger partial charge in [0.05, 0.1) is 30.0 Å². The Balaban J connectivity index is 1.54. The van der Waals surface area contributed by atoms with E-state index in [0.717, 1.165) is 11.1 Å². The number of halogens is 1. The molecule has 0 atom stereocenters. The van der Waals surface area contributed by atoms with Crippen LogP contribution in [0.5, 0.6) is 0 Å². The molecule has 5 aromatic carbocycles. The highest BCUT2D eigenvalue weighted by molar-refractivity contribution is 6.32. The van der Waals surface area contributed by atoms with Crippen LogP contribution in [0.2, 0.25) is 5.02 Å². The standard InChI is InChI=1S/C33H21ClN4/c34-27-20-19-24(21-30(27)38-28-17-9-7-15-25(28)26-16-8-10-18-29(26)38)33-36-31(22-11-3-1-4-12-22)35-32(37-33)23-13-5-2-6-14-23/h1-21H/i7D,8D,15D,16D,17D,18D. The second-order valence-electron chi connectivity index (χ2n) is 8.60. The minimum absolute atomic E-state index is 0.0677. The summed E-state index contributed by atoms with van der Waals surface area (Å²) in [5, 5.41) is 0.601. The molecule has 0 saturated carbocycles. The summed E-state index contributed by atoms with van der Waals surface area (Å²) in [5.74, 6) is 1.33. The van der Waals surface area contributed by atoms with Gasteiger partial charge in [-0.2, -0.15) is 0 Å². The Hall–Kier alpha value is -4.80. The maximum Gasteiger partial charge on any atom is 0.164 e. The summed E-state index contributed by atoms with van der Waals surface area (Å²) in [6.45, 7) is 0. The van der Waals surface area contributed by atoms with Gasteiger partial charge < -0.3 is 4.57 Å². The van der Waals surface area contributed by atoms with Crippen molar-refractivity contribution < 1.29 is 8.22 Å². The first kappa shape index (κ1) is 16.8. The average Bonchev–Trinajstić information content (AvgIpc) is 3.41. The summed E-state index contributed by atoms with van der Waals surface area (Å²) in [6.07, 6.45) is 0. The molecule has 0 amide bonds. The Morgan fingerprint density at radius 2 is 1.05 bits per heavy atom. The molecule has 0 spiro atoms. The van der Waals surface area contributed by atoms with Crippen LogP contribution in [0.15, 0.2) is 127 Å². The number of hydrogen-bond donors (Lipinski definition) is 0. The molecule has 0 bridgehead atoms. The second-order valence-corrected chi connectivity index (χ2v) is 9.01. The van der Waals surface area contributed by atoms with Crippen molar-refractivity contribution >= 4 is 33.4 Å². The predicted octanol–water partition coefficient (Wildman–Crippen LogP) is 8.62. The largest absolute Gasteiger partial charge is 0.308 e. The van der Waals surface area contributed by atoms with Gasteiger partial charge in [-0.15, -0.1) is 0 Å². The fourth-order valence-electron chi connectivity index (χ4n) is 4.52. The number of fused-ring (bicyclic) bond motifs is 3. The third kappa shape index (κ3) is 3.83. The van der Waals surface area contributed by atoms with Crippen molar-refractivity contribution in [3.63, 3.8) is 0 Å². The SMILES string of the molecule is [2H]c1cc([2H])c2c(c1[2H])c1c([2H])c([2H])cc([2H])c1n2-c1cc(-c2nc(-c3ccccc3)nc(-c3ccccc3)n2)ccc1Cl. The lowest BCUT2D eigenvalue weighted by Gasteiger charge is -2.13. The number of rotatable bonds is 4. The van der Waals surface area contributed by atoms with Gasteiger partial charge >= 0.3 is 0 Å². The molecule has 7 aromatic rings. The molecule has 5 heteroatoms. The van der Waals surface area contributed by atoms with Gasteiger partial charge in [0.25, 0.3) is 0 Å². The van der Waals surface area contributed by atoms with Crippen molar-refractivity contribution in [2.24, 2.45) is 0 Å². The quantitative estimate of drug-likeness (QED) is 0.236. The van der Waals surface area contributed by atoms with Gasteiger partial charge in [0.1, 0.15) is 0 Å².